The molecule has 2 saturated carbocycles. The lowest BCUT2D eigenvalue weighted by molar-refractivity contribution is -0.161. The zero-order valence-electron chi connectivity index (χ0n) is 44.1. The first kappa shape index (κ1) is 56.6. The molecule has 0 amide bonds. The fourth-order valence-corrected chi connectivity index (χ4v) is 14.4. The van der Waals surface area contributed by atoms with Gasteiger partial charge in [0.25, 0.3) is 0 Å². The number of aliphatic hydroxyl groups excluding tert-OH is 3. The third kappa shape index (κ3) is 9.49. The molecule has 0 spiro atoms. The van der Waals surface area contributed by atoms with Crippen LogP contribution in [0.5, 0.6) is 0 Å². The number of Topliss-reactive ketones (excluding diaryl/α,β-unsaturated/α-hetero) is 2. The molecule has 0 bridgehead atoms. The molecular weight excluding hydrogens is 1020 g/mol. The molecule has 18 nitrogen and oxygen atoms in total. The number of hydrogen-bond acceptors (Lipinski definition) is 18. The maximum absolute atomic E-state index is 13.9. The van der Waals surface area contributed by atoms with E-state index in [2.05, 4.69) is 5.32 Å². The first-order valence-corrected chi connectivity index (χ1v) is 27.2. The van der Waals surface area contributed by atoms with Crippen molar-refractivity contribution in [1.29, 1.82) is 0 Å². The molecule has 20 heteroatoms. The second-order valence-corrected chi connectivity index (χ2v) is 23.1. The molecule has 3 saturated heterocycles. The molecule has 412 valence electrons. The normalized spacial score (nSPS) is 36.5. The number of methoxy groups -OCH3 is 2. The van der Waals surface area contributed by atoms with Gasteiger partial charge in [0.1, 0.15) is 36.2 Å². The Balaban J connectivity index is 0.000000175. The minimum Gasteiger partial charge on any atom is -0.504 e. The monoisotopic (exact) mass is 1090 g/mol. The highest BCUT2D eigenvalue weighted by Crippen LogP contribution is 2.65. The van der Waals surface area contributed by atoms with Crippen LogP contribution in [0, 0.1) is 28.1 Å². The van der Waals surface area contributed by atoms with E-state index in [9.17, 15) is 44.1 Å². The Morgan fingerprint density at radius 2 is 1.23 bits per heavy atom. The average molecular weight is 1090 g/mol. The number of ether oxygens (including phenoxy) is 6. The van der Waals surface area contributed by atoms with E-state index in [-0.39, 0.29) is 58.6 Å². The molecule has 1 aromatic rings. The van der Waals surface area contributed by atoms with Crippen molar-refractivity contribution < 1.29 is 76.9 Å². The molecule has 12 atom stereocenters. The standard InChI is InChI=1S/C27H35NO8.C23H26O8.C4H9N.CH2Cl2/c1-14(29)35-17-11-26(2)16(7-8-18(26)30)20-22(17)27(3)19(13-34-4)36-25(33)15(12-28-9-5-6-10-28)21(27)24(32)23(20)31;1-10(24)30-13-7-22(2)12(5-6-14(22)25)16-18(13)23(3)15(9-28-4)31-21(27)11-8-29-20(17(11)23)19(16)26;1-2-4-5-3-1;2-1-3/h12,16-19,30,32H,5-11,13H2,1-4H3;8,12-15,25H,5-7,9H2,1-4H3;5H,1-4H2;1H2/b15-12+;;;/t16-,17+,18-,19+,26-,27-;12-,13+,14-,15+,22-,23-;;/m00../s1. The molecular formula is C55H72Cl2N2O16. The van der Waals surface area contributed by atoms with Gasteiger partial charge in [0.2, 0.25) is 11.6 Å². The average Bonchev–Trinajstić information content (AvgIpc) is 4.22. The zero-order chi connectivity index (χ0) is 54.5. The number of likely N-dealkylation sites (tertiary alicyclic amines) is 1. The van der Waals surface area contributed by atoms with Crippen LogP contribution in [0.25, 0.3) is 0 Å². The van der Waals surface area contributed by atoms with Crippen molar-refractivity contribution in [3.8, 4) is 0 Å². The summed E-state index contributed by atoms with van der Waals surface area (Å²) in [7, 11) is 3.01. The maximum Gasteiger partial charge on any atom is 0.342 e. The molecule has 1 aromatic heterocycles. The smallest absolute Gasteiger partial charge is 0.342 e. The second-order valence-electron chi connectivity index (χ2n) is 22.2. The lowest BCUT2D eigenvalue weighted by atomic mass is 9.53. The Kier molecular flexibility index (Phi) is 16.7. The van der Waals surface area contributed by atoms with Crippen LogP contribution in [0.4, 0.5) is 0 Å². The summed E-state index contributed by atoms with van der Waals surface area (Å²) in [5.74, 6) is -3.95. The molecule has 10 aliphatic rings. The second kappa shape index (κ2) is 22.1. The number of ketones is 2. The number of allylic oxidation sites excluding steroid dienone is 2. The van der Waals surface area contributed by atoms with Gasteiger partial charge in [-0.15, -0.1) is 23.2 Å². The van der Waals surface area contributed by atoms with Crippen molar-refractivity contribution in [2.24, 2.45) is 28.1 Å². The van der Waals surface area contributed by atoms with Crippen LogP contribution in [-0.4, -0.2) is 151 Å². The van der Waals surface area contributed by atoms with Crippen LogP contribution in [0.3, 0.4) is 0 Å². The first-order valence-electron chi connectivity index (χ1n) is 26.1. The van der Waals surface area contributed by atoms with Crippen molar-refractivity contribution in [1.82, 2.24) is 10.2 Å². The number of aliphatic hydroxyl groups is 3. The number of alkyl halides is 2. The number of halogens is 2. The van der Waals surface area contributed by atoms with Gasteiger partial charge >= 0.3 is 23.9 Å². The highest BCUT2D eigenvalue weighted by molar-refractivity contribution is 6.40. The summed E-state index contributed by atoms with van der Waals surface area (Å²) < 4.78 is 39.7. The Bertz CT molecular complexity index is 2590. The van der Waals surface area contributed by atoms with Crippen molar-refractivity contribution >= 4 is 58.6 Å². The number of hydrogen-bond donors (Lipinski definition) is 4. The van der Waals surface area contributed by atoms with Crippen molar-refractivity contribution in [2.75, 3.05) is 59.0 Å². The van der Waals surface area contributed by atoms with E-state index >= 15 is 0 Å². The molecule has 0 radical (unpaired) electrons. The minimum atomic E-state index is -1.17. The fourth-order valence-electron chi connectivity index (χ4n) is 14.4. The van der Waals surface area contributed by atoms with Gasteiger partial charge in [0.15, 0.2) is 11.5 Å². The van der Waals surface area contributed by atoms with E-state index < -0.39 is 93.7 Å². The quantitative estimate of drug-likeness (QED) is 0.0989. The molecule has 5 heterocycles. The molecule has 4 N–H and O–H groups in total. The van der Waals surface area contributed by atoms with Gasteiger partial charge in [-0.25, -0.2) is 9.59 Å². The Labute approximate surface area is 447 Å². The van der Waals surface area contributed by atoms with Gasteiger partial charge in [0.05, 0.1) is 47.2 Å². The summed E-state index contributed by atoms with van der Waals surface area (Å²) in [6.07, 6.45) is 6.27. The minimum absolute atomic E-state index is 0.0261. The highest BCUT2D eigenvalue weighted by atomic mass is 35.5. The fraction of sp³-hybridized carbons (Fsp3) is 0.673. The predicted octanol–water partition coefficient (Wildman–Crippen LogP) is 6.47. The number of fused-ring (bicyclic) bond motifs is 7. The van der Waals surface area contributed by atoms with E-state index in [0.29, 0.717) is 66.4 Å². The summed E-state index contributed by atoms with van der Waals surface area (Å²) in [5.41, 5.74) is -0.304. The van der Waals surface area contributed by atoms with Gasteiger partial charge in [-0.1, -0.05) is 13.8 Å². The number of carbonyl (C=O) groups excluding carboxylic acids is 6. The summed E-state index contributed by atoms with van der Waals surface area (Å²) >= 11 is 9.53. The lowest BCUT2D eigenvalue weighted by Crippen LogP contribution is -2.57. The van der Waals surface area contributed by atoms with Crippen LogP contribution in [0.15, 0.2) is 56.1 Å². The van der Waals surface area contributed by atoms with Crippen LogP contribution in [0.2, 0.25) is 0 Å². The Morgan fingerprint density at radius 3 is 1.71 bits per heavy atom. The summed E-state index contributed by atoms with van der Waals surface area (Å²) in [4.78, 5) is 79.8. The van der Waals surface area contributed by atoms with Crippen molar-refractivity contribution in [3.05, 3.63) is 68.5 Å². The topological polar surface area (TPSA) is 247 Å². The molecule has 5 fully saturated rings. The summed E-state index contributed by atoms with van der Waals surface area (Å²) in [5, 5.41) is 36.6. The number of nitrogens with zero attached hydrogens (tertiary/aromatic N) is 1. The molecule has 75 heavy (non-hydrogen) atoms. The molecule has 0 unspecified atom stereocenters. The first-order chi connectivity index (χ1) is 35.6. The SMILES string of the molecule is C1CCNC1.COC[C@H]1OC(=O)/C(=C/N2CCCC2)C2=C(O)C(=O)C3=C([C@H](OC(C)=O)C[C@]4(C)[C@@H](O)CC[C@@H]34)[C@]21C.COC[C@H]1OC(=O)c2coc3c2[C@@]1(C)C1=C(C3=O)[C@@H]2CC[C@H](O)[C@@]2(C)C[C@H]1OC(C)=O.ClCCl. The molecule has 4 aliphatic heterocycles. The molecule has 6 aliphatic carbocycles. The van der Waals surface area contributed by atoms with Gasteiger partial charge in [-0.3, -0.25) is 19.2 Å². The van der Waals surface area contributed by atoms with E-state index in [1.54, 1.807) is 6.20 Å². The third-order valence-electron chi connectivity index (χ3n) is 18.0. The Morgan fingerprint density at radius 1 is 0.747 bits per heavy atom. The highest BCUT2D eigenvalue weighted by Gasteiger charge is 2.66. The van der Waals surface area contributed by atoms with E-state index in [4.69, 9.17) is 56.0 Å². The maximum atomic E-state index is 13.9. The number of cyclic esters (lactones) is 2. The van der Waals surface area contributed by atoms with Gasteiger partial charge in [0, 0.05) is 80.5 Å². The van der Waals surface area contributed by atoms with E-state index in [0.717, 1.165) is 25.9 Å². The largest absolute Gasteiger partial charge is 0.504 e. The van der Waals surface area contributed by atoms with Crippen LogP contribution < -0.4 is 5.32 Å². The van der Waals surface area contributed by atoms with Gasteiger partial charge < -0.3 is 58.4 Å². The number of carbonyl (C=O) groups is 6. The van der Waals surface area contributed by atoms with E-state index in [1.165, 1.54) is 60.3 Å². The van der Waals surface area contributed by atoms with Crippen LogP contribution >= 0.6 is 23.2 Å². The van der Waals surface area contributed by atoms with Crippen LogP contribution in [-0.2, 0) is 53.0 Å². The molecule has 0 aromatic carbocycles. The number of furan rings is 1. The zero-order valence-corrected chi connectivity index (χ0v) is 45.7. The van der Waals surface area contributed by atoms with Gasteiger partial charge in [-0.2, -0.15) is 0 Å². The van der Waals surface area contributed by atoms with Crippen molar-refractivity contribution in [3.63, 3.8) is 0 Å². The number of esters is 4. The number of nitrogens with one attached hydrogen (secondary N) is 1. The predicted molar refractivity (Wildman–Crippen MR) is 272 cm³/mol. The Hall–Kier alpha value is -4.56. The van der Waals surface area contributed by atoms with Gasteiger partial charge in [-0.05, 0) is 114 Å². The summed E-state index contributed by atoms with van der Waals surface area (Å²) in [6.45, 7) is 14.4. The van der Waals surface area contributed by atoms with Crippen molar-refractivity contribution in [2.45, 2.75) is 148 Å². The van der Waals surface area contributed by atoms with Crippen LogP contribution in [0.1, 0.15) is 132 Å². The number of rotatable bonds is 7. The molecule has 11 rings (SSSR count). The summed E-state index contributed by atoms with van der Waals surface area (Å²) in [6, 6.07) is 0. The van der Waals surface area contributed by atoms with E-state index in [1.807, 2.05) is 32.6 Å². The third-order valence-corrected chi connectivity index (χ3v) is 18.0. The lowest BCUT2D eigenvalue weighted by Gasteiger charge is -2.54.